The number of hydrogen-bond acceptors (Lipinski definition) is 5. The molecule has 0 amide bonds. The van der Waals surface area contributed by atoms with E-state index in [1.165, 1.54) is 0 Å². The van der Waals surface area contributed by atoms with Crippen LogP contribution in [0.5, 0.6) is 0 Å². The molecular weight excluding hydrogens is 262 g/mol. The molecule has 1 atom stereocenters. The smallest absolute Gasteiger partial charge is 0.222 e. The van der Waals surface area contributed by atoms with Crippen molar-refractivity contribution in [3.05, 3.63) is 48.0 Å². The maximum Gasteiger partial charge on any atom is 0.222 e. The first-order valence-corrected chi connectivity index (χ1v) is 7.34. The summed E-state index contributed by atoms with van der Waals surface area (Å²) in [5.41, 5.74) is 2.24. The normalized spacial score (nSPS) is 12.4. The molecule has 112 valence electrons. The third kappa shape index (κ3) is 4.79. The predicted molar refractivity (Wildman–Crippen MR) is 85.1 cm³/mol. The SMILES string of the molecule is CCNc1ncc(CN(C)C(C)Cc2ccccn2)cn1. The van der Waals surface area contributed by atoms with Crippen molar-refractivity contribution in [2.75, 3.05) is 18.9 Å². The van der Waals surface area contributed by atoms with Crippen molar-refractivity contribution in [3.8, 4) is 0 Å². The standard InChI is InChI=1S/C16H23N5/c1-4-17-16-19-10-14(11-20-16)12-21(3)13(2)9-15-7-5-6-8-18-15/h5-8,10-11,13H,4,9,12H2,1-3H3,(H,17,19,20). The first-order valence-electron chi connectivity index (χ1n) is 7.34. The molecule has 0 aromatic carbocycles. The number of anilines is 1. The van der Waals surface area contributed by atoms with Gasteiger partial charge in [0.15, 0.2) is 0 Å². The van der Waals surface area contributed by atoms with Gasteiger partial charge in [0.1, 0.15) is 0 Å². The Morgan fingerprint density at radius 3 is 2.57 bits per heavy atom. The van der Waals surface area contributed by atoms with Gasteiger partial charge in [0.05, 0.1) is 0 Å². The van der Waals surface area contributed by atoms with E-state index in [0.29, 0.717) is 12.0 Å². The maximum absolute atomic E-state index is 4.38. The van der Waals surface area contributed by atoms with Gasteiger partial charge in [-0.15, -0.1) is 0 Å². The zero-order chi connectivity index (χ0) is 15.1. The number of rotatable bonds is 7. The molecule has 0 aliphatic heterocycles. The molecule has 1 N–H and O–H groups in total. The zero-order valence-corrected chi connectivity index (χ0v) is 13.0. The van der Waals surface area contributed by atoms with Crippen LogP contribution in [0.4, 0.5) is 5.95 Å². The third-order valence-corrected chi connectivity index (χ3v) is 3.46. The topological polar surface area (TPSA) is 53.9 Å². The van der Waals surface area contributed by atoms with Crippen LogP contribution < -0.4 is 5.32 Å². The lowest BCUT2D eigenvalue weighted by Gasteiger charge is -2.24. The van der Waals surface area contributed by atoms with Crippen molar-refractivity contribution in [2.45, 2.75) is 32.9 Å². The van der Waals surface area contributed by atoms with Crippen LogP contribution in [-0.2, 0) is 13.0 Å². The second-order valence-electron chi connectivity index (χ2n) is 5.23. The first-order chi connectivity index (χ1) is 10.2. The molecule has 0 bridgehead atoms. The Morgan fingerprint density at radius 2 is 1.95 bits per heavy atom. The Labute approximate surface area is 126 Å². The number of nitrogens with zero attached hydrogens (tertiary/aromatic N) is 4. The third-order valence-electron chi connectivity index (χ3n) is 3.46. The Hall–Kier alpha value is -2.01. The largest absolute Gasteiger partial charge is 0.355 e. The fourth-order valence-electron chi connectivity index (χ4n) is 2.11. The molecule has 1 unspecified atom stereocenters. The monoisotopic (exact) mass is 285 g/mol. The maximum atomic E-state index is 4.38. The van der Waals surface area contributed by atoms with Gasteiger partial charge in [-0.2, -0.15) is 0 Å². The summed E-state index contributed by atoms with van der Waals surface area (Å²) in [7, 11) is 2.12. The zero-order valence-electron chi connectivity index (χ0n) is 13.0. The lowest BCUT2D eigenvalue weighted by atomic mass is 10.1. The lowest BCUT2D eigenvalue weighted by Crippen LogP contribution is -2.30. The minimum Gasteiger partial charge on any atom is -0.355 e. The van der Waals surface area contributed by atoms with Crippen LogP contribution in [0.25, 0.3) is 0 Å². The highest BCUT2D eigenvalue weighted by atomic mass is 15.1. The molecule has 0 aliphatic carbocycles. The van der Waals surface area contributed by atoms with E-state index in [9.17, 15) is 0 Å². The molecule has 2 rings (SSSR count). The van der Waals surface area contributed by atoms with E-state index in [2.05, 4.69) is 45.2 Å². The van der Waals surface area contributed by atoms with Crippen molar-refractivity contribution in [1.29, 1.82) is 0 Å². The van der Waals surface area contributed by atoms with Crippen molar-refractivity contribution in [1.82, 2.24) is 19.9 Å². The van der Waals surface area contributed by atoms with E-state index in [1.54, 1.807) is 0 Å². The molecular formula is C16H23N5. The molecule has 0 saturated carbocycles. The van der Waals surface area contributed by atoms with E-state index >= 15 is 0 Å². The first kappa shape index (κ1) is 15.4. The summed E-state index contributed by atoms with van der Waals surface area (Å²) in [6.07, 6.45) is 6.55. The number of aromatic nitrogens is 3. The van der Waals surface area contributed by atoms with E-state index in [-0.39, 0.29) is 0 Å². The molecule has 0 fully saturated rings. The van der Waals surface area contributed by atoms with Gasteiger partial charge in [0, 0.05) is 55.4 Å². The molecule has 0 spiro atoms. The number of likely N-dealkylation sites (N-methyl/N-ethyl adjacent to an activating group) is 1. The summed E-state index contributed by atoms with van der Waals surface area (Å²) >= 11 is 0. The van der Waals surface area contributed by atoms with E-state index in [1.807, 2.05) is 37.6 Å². The van der Waals surface area contributed by atoms with Gasteiger partial charge in [0.2, 0.25) is 5.95 Å². The van der Waals surface area contributed by atoms with Gasteiger partial charge < -0.3 is 5.32 Å². The fourth-order valence-corrected chi connectivity index (χ4v) is 2.11. The summed E-state index contributed by atoms with van der Waals surface area (Å²) in [6.45, 7) is 5.91. The fraction of sp³-hybridized carbons (Fsp3) is 0.438. The summed E-state index contributed by atoms with van der Waals surface area (Å²) in [5, 5.41) is 3.10. The Balaban J connectivity index is 1.89. The number of nitrogens with one attached hydrogen (secondary N) is 1. The highest BCUT2D eigenvalue weighted by molar-refractivity contribution is 5.24. The molecule has 2 aromatic rings. The van der Waals surface area contributed by atoms with Gasteiger partial charge >= 0.3 is 0 Å². The second-order valence-corrected chi connectivity index (χ2v) is 5.23. The summed E-state index contributed by atoms with van der Waals surface area (Å²) in [6, 6.07) is 6.45. The minimum absolute atomic E-state index is 0.411. The summed E-state index contributed by atoms with van der Waals surface area (Å²) < 4.78 is 0. The van der Waals surface area contributed by atoms with E-state index < -0.39 is 0 Å². The van der Waals surface area contributed by atoms with Crippen molar-refractivity contribution >= 4 is 5.95 Å². The molecule has 5 heteroatoms. The average molecular weight is 285 g/mol. The molecule has 0 radical (unpaired) electrons. The molecule has 0 aliphatic rings. The number of hydrogen-bond donors (Lipinski definition) is 1. The molecule has 2 heterocycles. The molecule has 21 heavy (non-hydrogen) atoms. The van der Waals surface area contributed by atoms with Crippen LogP contribution in [0.1, 0.15) is 25.1 Å². The predicted octanol–water partition coefficient (Wildman–Crippen LogP) is 2.37. The summed E-state index contributed by atoms with van der Waals surface area (Å²) in [4.78, 5) is 15.3. The van der Waals surface area contributed by atoms with Gasteiger partial charge in [-0.1, -0.05) is 6.07 Å². The van der Waals surface area contributed by atoms with Crippen molar-refractivity contribution in [2.24, 2.45) is 0 Å². The van der Waals surface area contributed by atoms with Crippen LogP contribution in [0.15, 0.2) is 36.8 Å². The summed E-state index contributed by atoms with van der Waals surface area (Å²) in [5.74, 6) is 0.686. The Bertz CT molecular complexity index is 526. The number of pyridine rings is 1. The van der Waals surface area contributed by atoms with Crippen molar-refractivity contribution < 1.29 is 0 Å². The van der Waals surface area contributed by atoms with Crippen LogP contribution in [0, 0.1) is 0 Å². The van der Waals surface area contributed by atoms with E-state index in [4.69, 9.17) is 0 Å². The molecule has 5 nitrogen and oxygen atoms in total. The van der Waals surface area contributed by atoms with E-state index in [0.717, 1.165) is 30.8 Å². The van der Waals surface area contributed by atoms with Gasteiger partial charge in [0.25, 0.3) is 0 Å². The second kappa shape index (κ2) is 7.69. The quantitative estimate of drug-likeness (QED) is 0.846. The molecule has 0 saturated heterocycles. The van der Waals surface area contributed by atoms with Crippen LogP contribution in [0.2, 0.25) is 0 Å². The van der Waals surface area contributed by atoms with Gasteiger partial charge in [-0.25, -0.2) is 9.97 Å². The van der Waals surface area contributed by atoms with Crippen LogP contribution in [-0.4, -0.2) is 39.5 Å². The highest BCUT2D eigenvalue weighted by Crippen LogP contribution is 2.09. The van der Waals surface area contributed by atoms with Crippen LogP contribution >= 0.6 is 0 Å². The molecule has 2 aromatic heterocycles. The minimum atomic E-state index is 0.411. The van der Waals surface area contributed by atoms with Crippen molar-refractivity contribution in [3.63, 3.8) is 0 Å². The Kier molecular flexibility index (Phi) is 5.63. The Morgan fingerprint density at radius 1 is 1.19 bits per heavy atom. The van der Waals surface area contributed by atoms with Gasteiger partial charge in [-0.05, 0) is 33.0 Å². The highest BCUT2D eigenvalue weighted by Gasteiger charge is 2.11. The average Bonchev–Trinajstić information content (AvgIpc) is 2.50. The van der Waals surface area contributed by atoms with Gasteiger partial charge in [-0.3, -0.25) is 9.88 Å². The lowest BCUT2D eigenvalue weighted by molar-refractivity contribution is 0.246. The van der Waals surface area contributed by atoms with Crippen LogP contribution in [0.3, 0.4) is 0 Å².